The maximum Gasteiger partial charge on any atom is 0.224 e. The van der Waals surface area contributed by atoms with Gasteiger partial charge in [-0.15, -0.1) is 5.10 Å². The highest BCUT2D eigenvalue weighted by Crippen LogP contribution is 2.19. The summed E-state index contributed by atoms with van der Waals surface area (Å²) in [5.41, 5.74) is 1.54. The van der Waals surface area contributed by atoms with Gasteiger partial charge in [-0.1, -0.05) is 17.3 Å². The van der Waals surface area contributed by atoms with Crippen LogP contribution in [0, 0.1) is 0 Å². The Morgan fingerprint density at radius 2 is 1.91 bits per heavy atom. The third-order valence-corrected chi connectivity index (χ3v) is 3.33. The van der Waals surface area contributed by atoms with E-state index in [9.17, 15) is 4.79 Å². The van der Waals surface area contributed by atoms with Gasteiger partial charge >= 0.3 is 0 Å². The number of benzene rings is 1. The first kappa shape index (κ1) is 14.1. The van der Waals surface area contributed by atoms with Crippen LogP contribution in [-0.4, -0.2) is 25.5 Å². The van der Waals surface area contributed by atoms with Crippen molar-refractivity contribution in [3.8, 4) is 5.69 Å². The van der Waals surface area contributed by atoms with Crippen molar-refractivity contribution in [3.05, 3.63) is 61.2 Å². The topological polar surface area (TPSA) is 64.7 Å². The zero-order valence-corrected chi connectivity index (χ0v) is 12.1. The second-order valence-electron chi connectivity index (χ2n) is 4.94. The Bertz CT molecular complexity index is 719. The number of amides is 1. The van der Waals surface area contributed by atoms with Crippen molar-refractivity contribution in [1.29, 1.82) is 0 Å². The fourth-order valence-corrected chi connectivity index (χ4v) is 2.27. The highest BCUT2D eigenvalue weighted by molar-refractivity contribution is 5.92. The van der Waals surface area contributed by atoms with Crippen LogP contribution in [0.1, 0.15) is 12.8 Å². The Morgan fingerprint density at radius 3 is 2.68 bits per heavy atom. The summed E-state index contributed by atoms with van der Waals surface area (Å²) >= 11 is 0. The van der Waals surface area contributed by atoms with E-state index in [-0.39, 0.29) is 5.91 Å². The molecule has 3 aromatic rings. The van der Waals surface area contributed by atoms with Crippen molar-refractivity contribution in [2.45, 2.75) is 19.4 Å². The first-order chi connectivity index (χ1) is 10.8. The van der Waals surface area contributed by atoms with E-state index in [1.807, 2.05) is 48.8 Å². The molecule has 0 bridgehead atoms. The molecule has 0 atom stereocenters. The lowest BCUT2D eigenvalue weighted by Crippen LogP contribution is -2.14. The first-order valence-electron chi connectivity index (χ1n) is 7.19. The maximum absolute atomic E-state index is 12.1. The van der Waals surface area contributed by atoms with Crippen LogP contribution in [0.3, 0.4) is 0 Å². The van der Waals surface area contributed by atoms with Crippen LogP contribution in [0.4, 0.5) is 5.69 Å². The number of hydrogen-bond acceptors (Lipinski definition) is 3. The van der Waals surface area contributed by atoms with Gasteiger partial charge in [-0.05, 0) is 30.7 Å². The molecule has 0 unspecified atom stereocenters. The molecule has 0 aliphatic carbocycles. The Kier molecular flexibility index (Phi) is 4.29. The third kappa shape index (κ3) is 3.41. The standard InChI is InChI=1S/C16H17N5O/c22-16(8-5-12-20-10-3-4-11-20)18-14-6-1-2-7-15(14)21-13-9-17-19-21/h1-4,6-7,9-11,13H,5,8,12H2,(H,18,22). The van der Waals surface area contributed by atoms with Gasteiger partial charge in [-0.25, -0.2) is 4.68 Å². The van der Waals surface area contributed by atoms with Crippen molar-refractivity contribution >= 4 is 11.6 Å². The molecule has 0 aliphatic heterocycles. The van der Waals surface area contributed by atoms with Crippen LogP contribution in [-0.2, 0) is 11.3 Å². The molecule has 0 fully saturated rings. The van der Waals surface area contributed by atoms with Crippen LogP contribution in [0.5, 0.6) is 0 Å². The normalized spacial score (nSPS) is 10.5. The van der Waals surface area contributed by atoms with Crippen LogP contribution >= 0.6 is 0 Å². The molecule has 6 nitrogen and oxygen atoms in total. The monoisotopic (exact) mass is 295 g/mol. The number of hydrogen-bond donors (Lipinski definition) is 1. The minimum Gasteiger partial charge on any atom is -0.354 e. The van der Waals surface area contributed by atoms with Gasteiger partial charge in [-0.3, -0.25) is 4.79 Å². The second-order valence-corrected chi connectivity index (χ2v) is 4.94. The van der Waals surface area contributed by atoms with Gasteiger partial charge in [-0.2, -0.15) is 0 Å². The molecular formula is C16H17N5O. The Labute approximate surface area is 128 Å². The average Bonchev–Trinajstić information content (AvgIpc) is 3.21. The van der Waals surface area contributed by atoms with E-state index in [0.29, 0.717) is 6.42 Å². The van der Waals surface area contributed by atoms with E-state index in [0.717, 1.165) is 24.3 Å². The lowest BCUT2D eigenvalue weighted by Gasteiger charge is -2.10. The number of rotatable bonds is 6. The molecule has 22 heavy (non-hydrogen) atoms. The highest BCUT2D eigenvalue weighted by Gasteiger charge is 2.08. The second kappa shape index (κ2) is 6.71. The number of nitrogens with zero attached hydrogens (tertiary/aromatic N) is 4. The van der Waals surface area contributed by atoms with Gasteiger partial charge in [0.2, 0.25) is 5.91 Å². The summed E-state index contributed by atoms with van der Waals surface area (Å²) < 4.78 is 3.70. The Balaban J connectivity index is 1.60. The Hall–Kier alpha value is -2.89. The summed E-state index contributed by atoms with van der Waals surface area (Å²) in [6.45, 7) is 0.838. The van der Waals surface area contributed by atoms with Crippen molar-refractivity contribution in [2.75, 3.05) is 5.32 Å². The summed E-state index contributed by atoms with van der Waals surface area (Å²) in [4.78, 5) is 12.1. The van der Waals surface area contributed by atoms with Crippen molar-refractivity contribution in [3.63, 3.8) is 0 Å². The molecule has 0 aliphatic rings. The van der Waals surface area contributed by atoms with Gasteiger partial charge in [0.15, 0.2) is 0 Å². The van der Waals surface area contributed by atoms with Gasteiger partial charge < -0.3 is 9.88 Å². The summed E-state index contributed by atoms with van der Waals surface area (Å²) in [6.07, 6.45) is 8.62. The summed E-state index contributed by atoms with van der Waals surface area (Å²) in [5.74, 6) is -0.000258. The smallest absolute Gasteiger partial charge is 0.224 e. The highest BCUT2D eigenvalue weighted by atomic mass is 16.1. The molecule has 0 radical (unpaired) electrons. The van der Waals surface area contributed by atoms with Crippen molar-refractivity contribution in [2.24, 2.45) is 0 Å². The number of para-hydroxylation sites is 2. The van der Waals surface area contributed by atoms with E-state index in [1.165, 1.54) is 0 Å². The van der Waals surface area contributed by atoms with Crippen molar-refractivity contribution in [1.82, 2.24) is 19.6 Å². The fraction of sp³-hybridized carbons (Fsp3) is 0.188. The van der Waals surface area contributed by atoms with E-state index >= 15 is 0 Å². The summed E-state index contributed by atoms with van der Waals surface area (Å²) in [6, 6.07) is 11.5. The van der Waals surface area contributed by atoms with Crippen LogP contribution in [0.25, 0.3) is 5.69 Å². The van der Waals surface area contributed by atoms with Gasteiger partial charge in [0.05, 0.1) is 23.8 Å². The summed E-state index contributed by atoms with van der Waals surface area (Å²) in [5, 5.41) is 10.7. The molecule has 2 aromatic heterocycles. The molecular weight excluding hydrogens is 278 g/mol. The predicted molar refractivity (Wildman–Crippen MR) is 83.7 cm³/mol. The van der Waals surface area contributed by atoms with E-state index < -0.39 is 0 Å². The zero-order chi connectivity index (χ0) is 15.2. The van der Waals surface area contributed by atoms with E-state index in [4.69, 9.17) is 0 Å². The minimum atomic E-state index is -0.000258. The minimum absolute atomic E-state index is 0.000258. The summed E-state index contributed by atoms with van der Waals surface area (Å²) in [7, 11) is 0. The molecule has 0 saturated carbocycles. The van der Waals surface area contributed by atoms with E-state index in [2.05, 4.69) is 20.2 Å². The lowest BCUT2D eigenvalue weighted by molar-refractivity contribution is -0.116. The van der Waals surface area contributed by atoms with Gasteiger partial charge in [0.25, 0.3) is 0 Å². The molecule has 3 rings (SSSR count). The first-order valence-corrected chi connectivity index (χ1v) is 7.19. The molecule has 0 saturated heterocycles. The zero-order valence-electron chi connectivity index (χ0n) is 12.1. The lowest BCUT2D eigenvalue weighted by atomic mass is 10.2. The number of aromatic nitrogens is 4. The molecule has 1 aromatic carbocycles. The van der Waals surface area contributed by atoms with E-state index in [1.54, 1.807) is 17.1 Å². The van der Waals surface area contributed by atoms with Gasteiger partial charge in [0, 0.05) is 25.4 Å². The van der Waals surface area contributed by atoms with Crippen LogP contribution < -0.4 is 5.32 Å². The number of carbonyl (C=O) groups is 1. The average molecular weight is 295 g/mol. The molecule has 1 amide bonds. The van der Waals surface area contributed by atoms with Crippen LogP contribution in [0.15, 0.2) is 61.2 Å². The third-order valence-electron chi connectivity index (χ3n) is 3.33. The number of nitrogens with one attached hydrogen (secondary N) is 1. The molecule has 6 heteroatoms. The Morgan fingerprint density at radius 1 is 1.09 bits per heavy atom. The molecule has 0 spiro atoms. The maximum atomic E-state index is 12.1. The molecule has 1 N–H and O–H groups in total. The number of carbonyl (C=O) groups excluding carboxylic acids is 1. The van der Waals surface area contributed by atoms with Crippen LogP contribution in [0.2, 0.25) is 0 Å². The number of anilines is 1. The van der Waals surface area contributed by atoms with Gasteiger partial charge in [0.1, 0.15) is 0 Å². The number of aryl methyl sites for hydroxylation is 1. The fourth-order valence-electron chi connectivity index (χ4n) is 2.27. The largest absolute Gasteiger partial charge is 0.354 e. The predicted octanol–water partition coefficient (Wildman–Crippen LogP) is 2.49. The quantitative estimate of drug-likeness (QED) is 0.760. The molecule has 2 heterocycles. The molecule has 112 valence electrons. The SMILES string of the molecule is O=C(CCCn1cccc1)Nc1ccccc1-n1ccnn1. The van der Waals surface area contributed by atoms with Crippen molar-refractivity contribution < 1.29 is 4.79 Å².